The molecule has 0 bridgehead atoms. The topological polar surface area (TPSA) is 103 Å². The fraction of sp³-hybridized carbons (Fsp3) is 0.895. The first-order chi connectivity index (χ1) is 11.8. The predicted molar refractivity (Wildman–Crippen MR) is 93.7 cm³/mol. The summed E-state index contributed by atoms with van der Waals surface area (Å²) in [5.41, 5.74) is 7.94. The number of carbonyl (C=O) groups is 2. The second-order valence-electron chi connectivity index (χ2n) is 8.78. The molecule has 0 aliphatic heterocycles. The van der Waals surface area contributed by atoms with Gasteiger partial charge in [-0.2, -0.15) is 0 Å². The standard InChI is InChI=1S/C19H29N3O3/c1-18-9-6-15(19(2)8-5-12(23)11-17(19)25)13(7-10-21-22-20)14(18)3-4-16(18)24/h12-15,23H,3-11H2,1-2H3/t12-,13-,14-,15?,18-,19+/m0/s1. The summed E-state index contributed by atoms with van der Waals surface area (Å²) in [7, 11) is 0. The fourth-order valence-electron chi connectivity index (χ4n) is 6.05. The highest BCUT2D eigenvalue weighted by molar-refractivity contribution is 5.88. The maximum atomic E-state index is 12.8. The van der Waals surface area contributed by atoms with Gasteiger partial charge in [-0.3, -0.25) is 9.59 Å². The molecule has 0 saturated heterocycles. The Labute approximate surface area is 149 Å². The molecule has 6 nitrogen and oxygen atoms in total. The van der Waals surface area contributed by atoms with Crippen LogP contribution in [0.4, 0.5) is 0 Å². The van der Waals surface area contributed by atoms with E-state index in [9.17, 15) is 14.7 Å². The van der Waals surface area contributed by atoms with Gasteiger partial charge in [-0.15, -0.1) is 0 Å². The van der Waals surface area contributed by atoms with Gasteiger partial charge in [0.2, 0.25) is 0 Å². The van der Waals surface area contributed by atoms with Gasteiger partial charge in [0.1, 0.15) is 11.6 Å². The minimum absolute atomic E-state index is 0.165. The number of aliphatic hydroxyl groups is 1. The highest BCUT2D eigenvalue weighted by atomic mass is 16.3. The van der Waals surface area contributed by atoms with Crippen molar-refractivity contribution in [2.24, 2.45) is 33.7 Å². The van der Waals surface area contributed by atoms with Gasteiger partial charge in [0.05, 0.1) is 6.10 Å². The number of Topliss-reactive ketones (excluding diaryl/α,β-unsaturated/α-hetero) is 2. The summed E-state index contributed by atoms with van der Waals surface area (Å²) >= 11 is 0. The molecule has 3 fully saturated rings. The Kier molecular flexibility index (Phi) is 4.95. The van der Waals surface area contributed by atoms with Crippen LogP contribution in [0.15, 0.2) is 5.11 Å². The van der Waals surface area contributed by atoms with Gasteiger partial charge in [0, 0.05) is 35.1 Å². The van der Waals surface area contributed by atoms with E-state index < -0.39 is 11.5 Å². The Morgan fingerprint density at radius 1 is 1.12 bits per heavy atom. The summed E-state index contributed by atoms with van der Waals surface area (Å²) < 4.78 is 0. The van der Waals surface area contributed by atoms with Crippen LogP contribution in [0.25, 0.3) is 10.4 Å². The van der Waals surface area contributed by atoms with E-state index in [1.807, 2.05) is 0 Å². The van der Waals surface area contributed by atoms with Gasteiger partial charge in [0.15, 0.2) is 0 Å². The van der Waals surface area contributed by atoms with Gasteiger partial charge in [-0.05, 0) is 61.8 Å². The summed E-state index contributed by atoms with van der Waals surface area (Å²) in [6.07, 6.45) is 5.11. The molecule has 3 saturated carbocycles. The van der Waals surface area contributed by atoms with Crippen molar-refractivity contribution in [3.63, 3.8) is 0 Å². The van der Waals surface area contributed by atoms with Crippen molar-refractivity contribution in [3.8, 4) is 0 Å². The summed E-state index contributed by atoms with van der Waals surface area (Å²) in [6.45, 7) is 4.58. The highest BCUT2D eigenvalue weighted by Gasteiger charge is 2.58. The third-order valence-corrected chi connectivity index (χ3v) is 7.65. The SMILES string of the molecule is C[C@]1(C2CC[C@]3(C)C(=O)CC[C@H]3[C@@H]2CCN=[N+]=[N-])CC[C@H](O)CC1=O. The molecule has 3 aliphatic rings. The Morgan fingerprint density at radius 3 is 2.44 bits per heavy atom. The summed E-state index contributed by atoms with van der Waals surface area (Å²) in [5.74, 6) is 1.26. The molecule has 6 atom stereocenters. The second kappa shape index (κ2) is 6.73. The molecule has 6 heteroatoms. The molecule has 25 heavy (non-hydrogen) atoms. The van der Waals surface area contributed by atoms with Crippen LogP contribution in [0.3, 0.4) is 0 Å². The third kappa shape index (κ3) is 3.00. The molecule has 0 radical (unpaired) electrons. The van der Waals surface area contributed by atoms with Crippen LogP contribution < -0.4 is 0 Å². The van der Waals surface area contributed by atoms with Crippen molar-refractivity contribution < 1.29 is 14.7 Å². The average molecular weight is 347 g/mol. The van der Waals surface area contributed by atoms with Gasteiger partial charge >= 0.3 is 0 Å². The minimum Gasteiger partial charge on any atom is -0.393 e. The quantitative estimate of drug-likeness (QED) is 0.475. The molecular formula is C19H29N3O3. The number of rotatable bonds is 4. The minimum atomic E-state index is -0.510. The number of carbonyl (C=O) groups excluding carboxylic acids is 2. The molecule has 3 aliphatic carbocycles. The largest absolute Gasteiger partial charge is 0.393 e. The monoisotopic (exact) mass is 347 g/mol. The van der Waals surface area contributed by atoms with E-state index >= 15 is 0 Å². The predicted octanol–water partition coefficient (Wildman–Crippen LogP) is 3.82. The lowest BCUT2D eigenvalue weighted by molar-refractivity contribution is -0.146. The van der Waals surface area contributed by atoms with Crippen LogP contribution in [0.5, 0.6) is 0 Å². The van der Waals surface area contributed by atoms with Crippen molar-refractivity contribution in [2.75, 3.05) is 6.54 Å². The molecule has 0 aromatic carbocycles. The van der Waals surface area contributed by atoms with Gasteiger partial charge in [0.25, 0.3) is 0 Å². The van der Waals surface area contributed by atoms with Crippen LogP contribution in [-0.2, 0) is 9.59 Å². The maximum absolute atomic E-state index is 12.8. The zero-order chi connectivity index (χ0) is 18.2. The van der Waals surface area contributed by atoms with E-state index in [2.05, 4.69) is 23.9 Å². The third-order valence-electron chi connectivity index (χ3n) is 7.65. The Balaban J connectivity index is 1.90. The summed E-state index contributed by atoms with van der Waals surface area (Å²) in [5, 5.41) is 13.6. The van der Waals surface area contributed by atoms with E-state index in [-0.39, 0.29) is 35.4 Å². The van der Waals surface area contributed by atoms with Gasteiger partial charge < -0.3 is 5.11 Å². The van der Waals surface area contributed by atoms with E-state index in [0.717, 1.165) is 25.7 Å². The lowest BCUT2D eigenvalue weighted by Crippen LogP contribution is -2.51. The molecule has 0 amide bonds. The second-order valence-corrected chi connectivity index (χ2v) is 8.78. The van der Waals surface area contributed by atoms with E-state index in [1.165, 1.54) is 0 Å². The van der Waals surface area contributed by atoms with Gasteiger partial charge in [-0.25, -0.2) is 0 Å². The Hall–Kier alpha value is -1.39. The number of nitrogens with zero attached hydrogens (tertiary/aromatic N) is 3. The molecule has 0 heterocycles. The number of hydrogen-bond acceptors (Lipinski definition) is 4. The molecule has 1 N–H and O–H groups in total. The smallest absolute Gasteiger partial charge is 0.141 e. The number of ketones is 2. The molecule has 1 unspecified atom stereocenters. The first-order valence-electron chi connectivity index (χ1n) is 9.58. The van der Waals surface area contributed by atoms with Crippen LogP contribution in [0.2, 0.25) is 0 Å². The van der Waals surface area contributed by atoms with Crippen LogP contribution >= 0.6 is 0 Å². The average Bonchev–Trinajstić information content (AvgIpc) is 2.87. The molecule has 0 aromatic rings. The molecule has 0 aromatic heterocycles. The van der Waals surface area contributed by atoms with Crippen LogP contribution in [0, 0.1) is 28.6 Å². The fourth-order valence-corrected chi connectivity index (χ4v) is 6.05. The molecule has 138 valence electrons. The lowest BCUT2D eigenvalue weighted by Gasteiger charge is -2.52. The number of azide groups is 1. The first kappa shape index (κ1) is 18.4. The van der Waals surface area contributed by atoms with E-state index in [1.54, 1.807) is 0 Å². The van der Waals surface area contributed by atoms with Crippen molar-refractivity contribution in [2.45, 2.75) is 71.3 Å². The van der Waals surface area contributed by atoms with Crippen LogP contribution in [-0.4, -0.2) is 29.3 Å². The number of fused-ring (bicyclic) bond motifs is 1. The number of hydrogen-bond donors (Lipinski definition) is 1. The van der Waals surface area contributed by atoms with E-state index in [0.29, 0.717) is 31.6 Å². The highest BCUT2D eigenvalue weighted by Crippen LogP contribution is 2.60. The first-order valence-corrected chi connectivity index (χ1v) is 9.58. The Bertz CT molecular complexity index is 615. The summed E-state index contributed by atoms with van der Waals surface area (Å²) in [6, 6.07) is 0. The maximum Gasteiger partial charge on any atom is 0.141 e. The van der Waals surface area contributed by atoms with Crippen molar-refractivity contribution >= 4 is 11.6 Å². The lowest BCUT2D eigenvalue weighted by atomic mass is 9.51. The van der Waals surface area contributed by atoms with Gasteiger partial charge in [-0.1, -0.05) is 19.0 Å². The normalized spacial score (nSPS) is 44.3. The molecular weight excluding hydrogens is 318 g/mol. The summed E-state index contributed by atoms with van der Waals surface area (Å²) in [4.78, 5) is 28.2. The zero-order valence-corrected chi connectivity index (χ0v) is 15.3. The molecule has 0 spiro atoms. The number of aliphatic hydroxyl groups excluding tert-OH is 1. The van der Waals surface area contributed by atoms with Crippen molar-refractivity contribution in [3.05, 3.63) is 10.4 Å². The van der Waals surface area contributed by atoms with Crippen LogP contribution in [0.1, 0.15) is 65.2 Å². The van der Waals surface area contributed by atoms with Crippen molar-refractivity contribution in [1.29, 1.82) is 0 Å². The Morgan fingerprint density at radius 2 is 1.76 bits per heavy atom. The zero-order valence-electron chi connectivity index (χ0n) is 15.3. The molecule has 3 rings (SSSR count). The van der Waals surface area contributed by atoms with Crippen molar-refractivity contribution in [1.82, 2.24) is 0 Å². The van der Waals surface area contributed by atoms with E-state index in [4.69, 9.17) is 5.53 Å².